The van der Waals surface area contributed by atoms with Gasteiger partial charge in [0.15, 0.2) is 0 Å². The Hall–Kier alpha value is -3.17. The highest BCUT2D eigenvalue weighted by Gasteiger charge is 2.34. The highest BCUT2D eigenvalue weighted by molar-refractivity contribution is 6.31. The highest BCUT2D eigenvalue weighted by atomic mass is 35.5. The molecule has 33 heavy (non-hydrogen) atoms. The average Bonchev–Trinajstić information content (AvgIpc) is 2.81. The van der Waals surface area contributed by atoms with Crippen molar-refractivity contribution in [2.24, 2.45) is 0 Å². The number of hydrogen-bond donors (Lipinski definition) is 1. The van der Waals surface area contributed by atoms with Crippen LogP contribution in [0.2, 0.25) is 5.02 Å². The lowest BCUT2D eigenvalue weighted by Gasteiger charge is -2.39. The van der Waals surface area contributed by atoms with Crippen molar-refractivity contribution < 1.29 is 18.0 Å². The number of nitrogens with one attached hydrogen (secondary N) is 1. The molecular weight excluding hydrogens is 455 g/mol. The van der Waals surface area contributed by atoms with Crippen LogP contribution in [0, 0.1) is 0 Å². The molecule has 3 aromatic rings. The van der Waals surface area contributed by atoms with E-state index >= 15 is 0 Å². The monoisotopic (exact) mass is 475 g/mol. The van der Waals surface area contributed by atoms with E-state index in [0.29, 0.717) is 26.2 Å². The lowest BCUT2D eigenvalue weighted by Crippen LogP contribution is -2.50. The van der Waals surface area contributed by atoms with Crippen LogP contribution in [-0.4, -0.2) is 47.0 Å². The van der Waals surface area contributed by atoms with E-state index in [-0.39, 0.29) is 5.69 Å². The number of amides is 1. The predicted octanol–water partition coefficient (Wildman–Crippen LogP) is 4.65. The van der Waals surface area contributed by atoms with Gasteiger partial charge in [-0.15, -0.1) is 0 Å². The zero-order valence-electron chi connectivity index (χ0n) is 17.5. The third-order valence-corrected chi connectivity index (χ3v) is 5.79. The van der Waals surface area contributed by atoms with Crippen molar-refractivity contribution in [3.8, 4) is 0 Å². The fourth-order valence-corrected chi connectivity index (χ4v) is 4.08. The quantitative estimate of drug-likeness (QED) is 0.582. The average molecular weight is 476 g/mol. The molecule has 0 bridgehead atoms. The van der Waals surface area contributed by atoms with Crippen molar-refractivity contribution in [2.45, 2.75) is 12.2 Å². The van der Waals surface area contributed by atoms with Gasteiger partial charge in [-0.05, 0) is 23.8 Å². The van der Waals surface area contributed by atoms with Crippen molar-refractivity contribution in [3.05, 3.63) is 83.3 Å². The van der Waals surface area contributed by atoms with Gasteiger partial charge in [0.25, 0.3) is 0 Å². The van der Waals surface area contributed by atoms with Gasteiger partial charge >= 0.3 is 6.18 Å². The molecule has 1 aromatic heterocycles. The SMILES string of the molecule is O=C(Nc1ccc(Cl)c(C(F)(F)F)c1)C(c1ccccc1)N1CCN(c2cnccn2)CC1. The number of hydrogen-bond acceptors (Lipinski definition) is 5. The molecule has 172 valence electrons. The number of benzene rings is 2. The topological polar surface area (TPSA) is 61.4 Å². The summed E-state index contributed by atoms with van der Waals surface area (Å²) in [7, 11) is 0. The number of carbonyl (C=O) groups excluding carboxylic acids is 1. The van der Waals surface area contributed by atoms with Crippen molar-refractivity contribution in [1.82, 2.24) is 14.9 Å². The van der Waals surface area contributed by atoms with Crippen molar-refractivity contribution >= 4 is 29.0 Å². The largest absolute Gasteiger partial charge is 0.417 e. The van der Waals surface area contributed by atoms with E-state index < -0.39 is 28.7 Å². The van der Waals surface area contributed by atoms with Crippen LogP contribution >= 0.6 is 11.6 Å². The van der Waals surface area contributed by atoms with E-state index in [1.165, 1.54) is 6.07 Å². The van der Waals surface area contributed by atoms with Gasteiger partial charge in [-0.1, -0.05) is 41.9 Å². The molecule has 0 spiro atoms. The van der Waals surface area contributed by atoms with Crippen LogP contribution in [-0.2, 0) is 11.0 Å². The predicted molar refractivity (Wildman–Crippen MR) is 120 cm³/mol. The summed E-state index contributed by atoms with van der Waals surface area (Å²) in [5.41, 5.74) is -0.195. The molecule has 0 aliphatic carbocycles. The maximum Gasteiger partial charge on any atom is 0.417 e. The lowest BCUT2D eigenvalue weighted by atomic mass is 10.0. The van der Waals surface area contributed by atoms with Crippen LogP contribution < -0.4 is 10.2 Å². The summed E-state index contributed by atoms with van der Waals surface area (Å²) in [4.78, 5) is 25.8. The van der Waals surface area contributed by atoms with Gasteiger partial charge in [-0.2, -0.15) is 13.2 Å². The van der Waals surface area contributed by atoms with Crippen LogP contribution in [0.1, 0.15) is 17.2 Å². The molecule has 2 heterocycles. The number of alkyl halides is 3. The molecule has 1 saturated heterocycles. The molecule has 0 saturated carbocycles. The van der Waals surface area contributed by atoms with E-state index in [4.69, 9.17) is 11.6 Å². The van der Waals surface area contributed by atoms with Gasteiger partial charge in [0, 0.05) is 44.3 Å². The summed E-state index contributed by atoms with van der Waals surface area (Å²) in [6.07, 6.45) is 0.308. The van der Waals surface area contributed by atoms with Crippen molar-refractivity contribution in [1.29, 1.82) is 0 Å². The van der Waals surface area contributed by atoms with Crippen LogP contribution in [0.3, 0.4) is 0 Å². The Morgan fingerprint density at radius 3 is 2.39 bits per heavy atom. The summed E-state index contributed by atoms with van der Waals surface area (Å²) in [5, 5.41) is 2.23. The van der Waals surface area contributed by atoms with Crippen LogP contribution in [0.15, 0.2) is 67.1 Å². The number of rotatable bonds is 5. The molecule has 1 amide bonds. The number of aromatic nitrogens is 2. The minimum atomic E-state index is -4.62. The van der Waals surface area contributed by atoms with Crippen LogP contribution in [0.25, 0.3) is 0 Å². The molecule has 1 fully saturated rings. The van der Waals surface area contributed by atoms with Gasteiger partial charge < -0.3 is 10.2 Å². The molecule has 1 unspecified atom stereocenters. The van der Waals surface area contributed by atoms with E-state index in [9.17, 15) is 18.0 Å². The molecule has 10 heteroatoms. The van der Waals surface area contributed by atoms with E-state index in [1.807, 2.05) is 35.2 Å². The number of piperazine rings is 1. The highest BCUT2D eigenvalue weighted by Crippen LogP contribution is 2.36. The minimum Gasteiger partial charge on any atom is -0.353 e. The lowest BCUT2D eigenvalue weighted by molar-refractivity contribution is -0.137. The molecule has 0 radical (unpaired) electrons. The van der Waals surface area contributed by atoms with Gasteiger partial charge in [0.2, 0.25) is 5.91 Å². The molecule has 1 aliphatic rings. The number of anilines is 2. The third kappa shape index (κ3) is 5.43. The number of carbonyl (C=O) groups is 1. The molecular formula is C23H21ClF3N5O. The van der Waals surface area contributed by atoms with Crippen LogP contribution in [0.4, 0.5) is 24.7 Å². The summed E-state index contributed by atoms with van der Waals surface area (Å²) < 4.78 is 39.7. The first-order valence-electron chi connectivity index (χ1n) is 10.3. The van der Waals surface area contributed by atoms with E-state index in [0.717, 1.165) is 23.5 Å². The molecule has 4 rings (SSSR count). The number of nitrogens with zero attached hydrogens (tertiary/aromatic N) is 4. The first kappa shape index (κ1) is 23.0. The third-order valence-electron chi connectivity index (χ3n) is 5.46. The Balaban J connectivity index is 1.54. The Kier molecular flexibility index (Phi) is 6.80. The Labute approximate surface area is 194 Å². The second-order valence-corrected chi connectivity index (χ2v) is 7.99. The fraction of sp³-hybridized carbons (Fsp3) is 0.261. The van der Waals surface area contributed by atoms with Gasteiger partial charge in [-0.3, -0.25) is 14.7 Å². The molecule has 1 atom stereocenters. The summed E-state index contributed by atoms with van der Waals surface area (Å²) >= 11 is 5.71. The van der Waals surface area contributed by atoms with E-state index in [2.05, 4.69) is 20.2 Å². The second-order valence-electron chi connectivity index (χ2n) is 7.58. The van der Waals surface area contributed by atoms with Gasteiger partial charge in [0.05, 0.1) is 16.8 Å². The molecule has 1 N–H and O–H groups in total. The molecule has 1 aliphatic heterocycles. The molecule has 6 nitrogen and oxygen atoms in total. The zero-order chi connectivity index (χ0) is 23.4. The smallest absolute Gasteiger partial charge is 0.353 e. The second kappa shape index (κ2) is 9.76. The Morgan fingerprint density at radius 2 is 1.76 bits per heavy atom. The summed E-state index contributed by atoms with van der Waals surface area (Å²) in [5.74, 6) is 0.350. The Morgan fingerprint density at radius 1 is 1.03 bits per heavy atom. The van der Waals surface area contributed by atoms with Gasteiger partial charge in [0.1, 0.15) is 11.9 Å². The summed E-state index contributed by atoms with van der Waals surface area (Å²) in [6.45, 7) is 2.40. The van der Waals surface area contributed by atoms with Crippen LogP contribution in [0.5, 0.6) is 0 Å². The molecule has 2 aromatic carbocycles. The minimum absolute atomic E-state index is 0.0378. The maximum atomic E-state index is 13.3. The Bertz CT molecular complexity index is 1090. The number of halogens is 4. The normalized spacial score (nSPS) is 15.8. The summed E-state index contributed by atoms with van der Waals surface area (Å²) in [6, 6.07) is 11.9. The maximum absolute atomic E-state index is 13.3. The van der Waals surface area contributed by atoms with E-state index in [1.54, 1.807) is 18.6 Å². The fourth-order valence-electron chi connectivity index (χ4n) is 3.86. The van der Waals surface area contributed by atoms with Crippen molar-refractivity contribution in [2.75, 3.05) is 36.4 Å². The standard InChI is InChI=1S/C23H21ClF3N5O/c24-19-7-6-17(14-18(19)23(25,26)27)30-22(33)21(16-4-2-1-3-5-16)32-12-10-31(11-13-32)20-15-28-8-9-29-20/h1-9,14-15,21H,10-13H2,(H,30,33). The van der Waals surface area contributed by atoms with Gasteiger partial charge in [-0.25, -0.2) is 4.98 Å². The first-order chi connectivity index (χ1) is 15.8. The zero-order valence-corrected chi connectivity index (χ0v) is 18.2. The first-order valence-corrected chi connectivity index (χ1v) is 10.7. The van der Waals surface area contributed by atoms with Crippen molar-refractivity contribution in [3.63, 3.8) is 0 Å².